The Kier molecular flexibility index (Phi) is 5.07. The lowest BCUT2D eigenvalue weighted by atomic mass is 10.1. The van der Waals surface area contributed by atoms with E-state index in [1.54, 1.807) is 6.20 Å². The minimum Gasteiger partial charge on any atom is -0.355 e. The molecule has 0 bridgehead atoms. The summed E-state index contributed by atoms with van der Waals surface area (Å²) in [5.74, 6) is 2.64. The number of anilines is 1. The molecule has 0 aliphatic heterocycles. The van der Waals surface area contributed by atoms with Crippen LogP contribution >= 0.6 is 0 Å². The van der Waals surface area contributed by atoms with E-state index in [0.29, 0.717) is 11.8 Å². The Bertz CT molecular complexity index is 826. The lowest BCUT2D eigenvalue weighted by Gasteiger charge is -2.19. The molecule has 3 aromatic rings. The van der Waals surface area contributed by atoms with Crippen LogP contribution in [0.4, 0.5) is 5.82 Å². The van der Waals surface area contributed by atoms with Gasteiger partial charge in [0.25, 0.3) is 5.89 Å². The van der Waals surface area contributed by atoms with E-state index in [1.165, 1.54) is 11.1 Å². The minimum atomic E-state index is 0.497. The largest absolute Gasteiger partial charge is 0.355 e. The molecule has 0 unspecified atom stereocenters. The summed E-state index contributed by atoms with van der Waals surface area (Å²) in [6.45, 7) is 7.11. The van der Waals surface area contributed by atoms with Crippen molar-refractivity contribution in [3.63, 3.8) is 0 Å². The first-order valence-electron chi connectivity index (χ1n) is 8.42. The molecule has 3 aromatic heterocycles. The molecule has 3 heterocycles. The summed E-state index contributed by atoms with van der Waals surface area (Å²) in [7, 11) is 2.02. The van der Waals surface area contributed by atoms with Gasteiger partial charge in [-0.3, -0.25) is 4.98 Å². The zero-order chi connectivity index (χ0) is 17.8. The summed E-state index contributed by atoms with van der Waals surface area (Å²) in [6, 6.07) is 5.97. The fourth-order valence-electron chi connectivity index (χ4n) is 2.57. The monoisotopic (exact) mass is 337 g/mol. The van der Waals surface area contributed by atoms with E-state index >= 15 is 0 Å². The van der Waals surface area contributed by atoms with Gasteiger partial charge in [0.15, 0.2) is 5.82 Å². The van der Waals surface area contributed by atoms with E-state index < -0.39 is 0 Å². The Morgan fingerprint density at radius 3 is 2.68 bits per heavy atom. The Balaban J connectivity index is 1.71. The van der Waals surface area contributed by atoms with Gasteiger partial charge in [0.05, 0.1) is 5.56 Å². The molecule has 0 spiro atoms. The highest BCUT2D eigenvalue weighted by Gasteiger charge is 2.12. The van der Waals surface area contributed by atoms with Crippen molar-refractivity contribution in [1.82, 2.24) is 20.1 Å². The second-order valence-electron chi connectivity index (χ2n) is 6.68. The smallest absolute Gasteiger partial charge is 0.259 e. The van der Waals surface area contributed by atoms with Gasteiger partial charge in [-0.25, -0.2) is 4.98 Å². The zero-order valence-corrected chi connectivity index (χ0v) is 15.1. The van der Waals surface area contributed by atoms with Crippen LogP contribution in [-0.4, -0.2) is 27.2 Å². The van der Waals surface area contributed by atoms with E-state index in [-0.39, 0.29) is 0 Å². The van der Waals surface area contributed by atoms with Crippen LogP contribution in [0.5, 0.6) is 0 Å². The van der Waals surface area contributed by atoms with Gasteiger partial charge in [-0.2, -0.15) is 4.98 Å². The normalized spacial score (nSPS) is 11.1. The van der Waals surface area contributed by atoms with Crippen LogP contribution in [0.2, 0.25) is 0 Å². The molecule has 0 amide bonds. The number of aromatic nitrogens is 4. The van der Waals surface area contributed by atoms with Gasteiger partial charge in [-0.15, -0.1) is 0 Å². The molecule has 0 saturated heterocycles. The third-order valence-electron chi connectivity index (χ3n) is 3.99. The van der Waals surface area contributed by atoms with E-state index in [2.05, 4.69) is 45.8 Å². The fourth-order valence-corrected chi connectivity index (χ4v) is 2.57. The van der Waals surface area contributed by atoms with Gasteiger partial charge in [-0.1, -0.05) is 19.0 Å². The van der Waals surface area contributed by atoms with Crippen LogP contribution in [0.25, 0.3) is 11.5 Å². The summed E-state index contributed by atoms with van der Waals surface area (Å²) in [4.78, 5) is 15.2. The van der Waals surface area contributed by atoms with Crippen molar-refractivity contribution in [3.05, 3.63) is 53.7 Å². The summed E-state index contributed by atoms with van der Waals surface area (Å²) in [5.41, 5.74) is 3.24. The highest BCUT2D eigenvalue weighted by molar-refractivity contribution is 5.54. The molecule has 0 fully saturated rings. The molecular weight excluding hydrogens is 314 g/mol. The molecule has 6 heteroatoms. The van der Waals surface area contributed by atoms with Crippen molar-refractivity contribution >= 4 is 5.82 Å². The second-order valence-corrected chi connectivity index (χ2v) is 6.68. The minimum absolute atomic E-state index is 0.497. The number of rotatable bonds is 6. The predicted molar refractivity (Wildman–Crippen MR) is 97.2 cm³/mol. The van der Waals surface area contributed by atoms with Crippen molar-refractivity contribution in [2.75, 3.05) is 11.9 Å². The van der Waals surface area contributed by atoms with Gasteiger partial charge < -0.3 is 9.42 Å². The molecule has 3 rings (SSSR count). The first-order valence-corrected chi connectivity index (χ1v) is 8.42. The average molecular weight is 337 g/mol. The van der Waals surface area contributed by atoms with E-state index in [1.807, 2.05) is 37.6 Å². The summed E-state index contributed by atoms with van der Waals surface area (Å²) >= 11 is 0. The maximum absolute atomic E-state index is 5.34. The topological polar surface area (TPSA) is 67.9 Å². The van der Waals surface area contributed by atoms with Gasteiger partial charge in [0.2, 0.25) is 0 Å². The van der Waals surface area contributed by atoms with Crippen LogP contribution in [0.15, 0.2) is 41.3 Å². The summed E-state index contributed by atoms with van der Waals surface area (Å²) in [6.07, 6.45) is 6.28. The average Bonchev–Trinajstić information content (AvgIpc) is 3.05. The quantitative estimate of drug-likeness (QED) is 0.683. The van der Waals surface area contributed by atoms with Gasteiger partial charge in [-0.05, 0) is 42.2 Å². The third kappa shape index (κ3) is 4.21. The van der Waals surface area contributed by atoms with Crippen LogP contribution in [-0.2, 0) is 13.0 Å². The van der Waals surface area contributed by atoms with Crippen molar-refractivity contribution < 1.29 is 4.52 Å². The number of nitrogens with zero attached hydrogens (tertiary/aromatic N) is 5. The van der Waals surface area contributed by atoms with Crippen molar-refractivity contribution in [3.8, 4) is 11.5 Å². The molecule has 6 nitrogen and oxygen atoms in total. The van der Waals surface area contributed by atoms with Gasteiger partial charge >= 0.3 is 0 Å². The van der Waals surface area contributed by atoms with E-state index in [4.69, 9.17) is 4.52 Å². The van der Waals surface area contributed by atoms with Crippen LogP contribution in [0, 0.1) is 12.8 Å². The van der Waals surface area contributed by atoms with Crippen LogP contribution in [0.1, 0.15) is 30.8 Å². The summed E-state index contributed by atoms with van der Waals surface area (Å²) < 4.78 is 5.34. The van der Waals surface area contributed by atoms with Crippen LogP contribution < -0.4 is 4.90 Å². The molecule has 0 saturated carbocycles. The highest BCUT2D eigenvalue weighted by Crippen LogP contribution is 2.21. The van der Waals surface area contributed by atoms with Gasteiger partial charge in [0.1, 0.15) is 5.82 Å². The molecule has 0 aromatic carbocycles. The number of hydrogen-bond acceptors (Lipinski definition) is 6. The third-order valence-corrected chi connectivity index (χ3v) is 3.99. The number of aryl methyl sites for hydroxylation is 1. The highest BCUT2D eigenvalue weighted by atomic mass is 16.5. The lowest BCUT2D eigenvalue weighted by Crippen LogP contribution is -2.18. The molecule has 25 heavy (non-hydrogen) atoms. The number of hydrogen-bond donors (Lipinski definition) is 0. The molecular formula is C19H23N5O. The molecule has 0 aliphatic rings. The Hall–Kier alpha value is -2.76. The van der Waals surface area contributed by atoms with Gasteiger partial charge in [0, 0.05) is 38.6 Å². The fraction of sp³-hybridized carbons (Fsp3) is 0.368. The first kappa shape index (κ1) is 17.1. The predicted octanol–water partition coefficient (Wildman–Crippen LogP) is 3.67. The van der Waals surface area contributed by atoms with Crippen LogP contribution in [0.3, 0.4) is 0 Å². The Labute approximate surface area is 147 Å². The molecule has 0 radical (unpaired) electrons. The van der Waals surface area contributed by atoms with E-state index in [0.717, 1.165) is 30.2 Å². The van der Waals surface area contributed by atoms with E-state index in [9.17, 15) is 0 Å². The molecule has 130 valence electrons. The van der Waals surface area contributed by atoms with Crippen molar-refractivity contribution in [2.45, 2.75) is 33.7 Å². The molecule has 0 atom stereocenters. The SMILES string of the molecule is Cc1cnccc1CN(C)c1ccc(-c2nc(CC(C)C)no2)cn1. The Morgan fingerprint density at radius 2 is 2.00 bits per heavy atom. The zero-order valence-electron chi connectivity index (χ0n) is 15.1. The maximum atomic E-state index is 5.34. The summed E-state index contributed by atoms with van der Waals surface area (Å²) in [5, 5.41) is 4.03. The molecule has 0 aliphatic carbocycles. The molecule has 0 N–H and O–H groups in total. The first-order chi connectivity index (χ1) is 12.0. The lowest BCUT2D eigenvalue weighted by molar-refractivity contribution is 0.417. The maximum Gasteiger partial charge on any atom is 0.259 e. The standard InChI is InChI=1S/C19H23N5O/c1-13(2)9-17-22-19(25-23-17)15-5-6-18(21-11-15)24(4)12-16-7-8-20-10-14(16)3/h5-8,10-11,13H,9,12H2,1-4H3. The van der Waals surface area contributed by atoms with Crippen molar-refractivity contribution in [1.29, 1.82) is 0 Å². The Morgan fingerprint density at radius 1 is 1.16 bits per heavy atom. The second kappa shape index (κ2) is 7.42. The van der Waals surface area contributed by atoms with Crippen molar-refractivity contribution in [2.24, 2.45) is 5.92 Å². The number of pyridine rings is 2.